The average Bonchev–Trinajstić information content (AvgIpc) is 3.43. The normalized spacial score (nSPS) is 36.9. The first-order chi connectivity index (χ1) is 13.7. The Kier molecular flexibility index (Phi) is 4.95. The highest BCUT2D eigenvalue weighted by atomic mass is 17.2. The number of amides is 1. The van der Waals surface area contributed by atoms with Gasteiger partial charge in [0.05, 0.1) is 6.04 Å². The lowest BCUT2D eigenvalue weighted by Crippen LogP contribution is -2.53. The number of nitrogens with one attached hydrogen (secondary N) is 1. The maximum absolute atomic E-state index is 13.0. The minimum atomic E-state index is -1.27. The lowest BCUT2D eigenvalue weighted by molar-refractivity contribution is -0.338. The van der Waals surface area contributed by atoms with Crippen molar-refractivity contribution in [2.45, 2.75) is 96.8 Å². The molecule has 5 unspecified atom stereocenters. The number of ether oxygens (including phenoxy) is 1. The Morgan fingerprint density at radius 2 is 1.93 bits per heavy atom. The number of fused-ring (bicyclic) bond motifs is 1. The van der Waals surface area contributed by atoms with Crippen LogP contribution in [0.5, 0.6) is 0 Å². The van der Waals surface area contributed by atoms with Gasteiger partial charge >= 0.3 is 11.9 Å². The van der Waals surface area contributed by atoms with Crippen molar-refractivity contribution in [3.8, 4) is 0 Å². The van der Waals surface area contributed by atoms with Crippen LogP contribution >= 0.6 is 0 Å². The molecule has 2 bridgehead atoms. The van der Waals surface area contributed by atoms with Crippen LogP contribution in [-0.2, 0) is 28.9 Å². The number of esters is 1. The third-order valence-electron chi connectivity index (χ3n) is 8.25. The van der Waals surface area contributed by atoms with Gasteiger partial charge < -0.3 is 10.1 Å². The quantitative estimate of drug-likeness (QED) is 0.302. The molecule has 3 aliphatic carbocycles. The minimum absolute atomic E-state index is 0.0345. The first-order valence-electron chi connectivity index (χ1n) is 11.1. The fraction of sp³-hybridized carbons (Fsp3) is 0.864. The molecule has 1 saturated heterocycles. The third-order valence-corrected chi connectivity index (χ3v) is 8.25. The van der Waals surface area contributed by atoms with Crippen molar-refractivity contribution in [2.24, 2.45) is 22.7 Å². The van der Waals surface area contributed by atoms with E-state index in [1.54, 1.807) is 0 Å². The van der Waals surface area contributed by atoms with Gasteiger partial charge in [-0.2, -0.15) is 4.89 Å². The van der Waals surface area contributed by atoms with Crippen molar-refractivity contribution in [3.05, 3.63) is 0 Å². The Morgan fingerprint density at radius 3 is 2.55 bits per heavy atom. The Balaban J connectivity index is 1.46. The molecule has 1 amide bonds. The van der Waals surface area contributed by atoms with E-state index in [0.29, 0.717) is 12.8 Å². The van der Waals surface area contributed by atoms with Crippen molar-refractivity contribution < 1.29 is 28.9 Å². The van der Waals surface area contributed by atoms with Crippen LogP contribution in [0.25, 0.3) is 0 Å². The zero-order valence-corrected chi connectivity index (χ0v) is 17.9. The maximum atomic E-state index is 13.0. The summed E-state index contributed by atoms with van der Waals surface area (Å²) in [4.78, 5) is 49.4. The lowest BCUT2D eigenvalue weighted by atomic mass is 9.72. The van der Waals surface area contributed by atoms with Crippen LogP contribution in [0.3, 0.4) is 0 Å². The van der Waals surface area contributed by atoms with Crippen molar-refractivity contribution in [1.82, 2.24) is 5.32 Å². The van der Waals surface area contributed by atoms with Crippen molar-refractivity contribution in [3.63, 3.8) is 0 Å². The number of carbonyl (C=O) groups excluding carboxylic acids is 3. The van der Waals surface area contributed by atoms with Crippen molar-refractivity contribution >= 4 is 17.8 Å². The highest BCUT2D eigenvalue weighted by molar-refractivity contribution is 6.03. The van der Waals surface area contributed by atoms with Gasteiger partial charge in [-0.05, 0) is 44.4 Å². The predicted molar refractivity (Wildman–Crippen MR) is 103 cm³/mol. The second-order valence-corrected chi connectivity index (χ2v) is 10.1. The van der Waals surface area contributed by atoms with E-state index in [2.05, 4.69) is 5.32 Å². The number of hydrogen-bond acceptors (Lipinski definition) is 6. The van der Waals surface area contributed by atoms with E-state index in [1.165, 1.54) is 0 Å². The fourth-order valence-corrected chi connectivity index (χ4v) is 5.74. The molecule has 0 aromatic carbocycles. The van der Waals surface area contributed by atoms with Crippen LogP contribution in [0.2, 0.25) is 0 Å². The topological polar surface area (TPSA) is 90.9 Å². The summed E-state index contributed by atoms with van der Waals surface area (Å²) in [6, 6.07) is -0.233. The summed E-state index contributed by atoms with van der Waals surface area (Å²) >= 11 is 0. The molecule has 4 aliphatic rings. The highest BCUT2D eigenvalue weighted by Gasteiger charge is 2.75. The number of rotatable bonds is 7. The summed E-state index contributed by atoms with van der Waals surface area (Å²) in [6.45, 7) is 7.81. The fourth-order valence-electron chi connectivity index (χ4n) is 5.74. The molecule has 3 saturated carbocycles. The molecule has 1 aliphatic heterocycles. The molecule has 5 atom stereocenters. The molecule has 4 rings (SSSR count). The van der Waals surface area contributed by atoms with Crippen LogP contribution in [0.15, 0.2) is 0 Å². The molecule has 4 fully saturated rings. The molecular formula is C22H33NO6. The molecule has 0 aromatic rings. The van der Waals surface area contributed by atoms with Gasteiger partial charge in [0.2, 0.25) is 5.91 Å². The van der Waals surface area contributed by atoms with E-state index in [4.69, 9.17) is 14.5 Å². The van der Waals surface area contributed by atoms with Gasteiger partial charge in [0, 0.05) is 11.3 Å². The van der Waals surface area contributed by atoms with Gasteiger partial charge in [0.25, 0.3) is 0 Å². The smallest absolute Gasteiger partial charge is 0.360 e. The Labute approximate surface area is 172 Å². The zero-order chi connectivity index (χ0) is 21.0. The largest absolute Gasteiger partial charge is 0.459 e. The Morgan fingerprint density at radius 1 is 1.24 bits per heavy atom. The standard InChI is InChI=1S/C22H33NO6/c1-5-20(3,4)17(24)23-15-13-11-14-16(15)27-18(25)22(14,12-13)19(26)28-29-21(6-2)9-7-8-10-21/h13-16H,5-12H2,1-4H3,(H,23,24). The van der Waals surface area contributed by atoms with Gasteiger partial charge in [0.1, 0.15) is 11.7 Å². The van der Waals surface area contributed by atoms with Gasteiger partial charge in [-0.1, -0.05) is 40.5 Å². The van der Waals surface area contributed by atoms with Crippen LogP contribution in [0.1, 0.15) is 79.1 Å². The third kappa shape index (κ3) is 2.99. The monoisotopic (exact) mass is 407 g/mol. The predicted octanol–water partition coefficient (Wildman–Crippen LogP) is 3.06. The molecule has 162 valence electrons. The van der Waals surface area contributed by atoms with Crippen molar-refractivity contribution in [1.29, 1.82) is 0 Å². The van der Waals surface area contributed by atoms with Crippen LogP contribution in [0.4, 0.5) is 0 Å². The Bertz CT molecular complexity index is 712. The second-order valence-electron chi connectivity index (χ2n) is 10.1. The lowest BCUT2D eigenvalue weighted by Gasteiger charge is -2.33. The SMILES string of the molecule is CCC1(OOC(=O)C23CC4CC2C(OC3=O)C4NC(=O)C(C)(C)CC)CCCC1. The van der Waals surface area contributed by atoms with E-state index >= 15 is 0 Å². The van der Waals surface area contributed by atoms with Crippen LogP contribution < -0.4 is 5.32 Å². The highest BCUT2D eigenvalue weighted by Crippen LogP contribution is 2.62. The first kappa shape index (κ1) is 20.6. The Hall–Kier alpha value is -1.63. The molecule has 1 heterocycles. The molecule has 7 heteroatoms. The van der Waals surface area contributed by atoms with Crippen LogP contribution in [-0.4, -0.2) is 35.6 Å². The van der Waals surface area contributed by atoms with E-state index in [1.807, 2.05) is 27.7 Å². The molecule has 29 heavy (non-hydrogen) atoms. The summed E-state index contributed by atoms with van der Waals surface area (Å²) in [6.07, 6.45) is 5.91. The summed E-state index contributed by atoms with van der Waals surface area (Å²) in [5.74, 6) is -1.40. The van der Waals surface area contributed by atoms with Gasteiger partial charge in [-0.3, -0.25) is 14.5 Å². The van der Waals surface area contributed by atoms with E-state index in [-0.39, 0.29) is 23.8 Å². The molecule has 0 aromatic heterocycles. The van der Waals surface area contributed by atoms with Crippen LogP contribution in [0, 0.1) is 22.7 Å². The zero-order valence-electron chi connectivity index (χ0n) is 17.9. The molecular weight excluding hydrogens is 374 g/mol. The first-order valence-corrected chi connectivity index (χ1v) is 11.1. The van der Waals surface area contributed by atoms with Gasteiger partial charge in [0.15, 0.2) is 5.41 Å². The average molecular weight is 408 g/mol. The molecule has 7 nitrogen and oxygen atoms in total. The van der Waals surface area contributed by atoms with Crippen molar-refractivity contribution in [2.75, 3.05) is 0 Å². The summed E-state index contributed by atoms with van der Waals surface area (Å²) < 4.78 is 5.64. The number of hydrogen-bond donors (Lipinski definition) is 1. The second kappa shape index (κ2) is 6.96. The molecule has 0 spiro atoms. The van der Waals surface area contributed by atoms with E-state index in [0.717, 1.165) is 38.5 Å². The summed E-state index contributed by atoms with van der Waals surface area (Å²) in [7, 11) is 0. The summed E-state index contributed by atoms with van der Waals surface area (Å²) in [5.41, 5.74) is -2.18. The summed E-state index contributed by atoms with van der Waals surface area (Å²) in [5, 5.41) is 3.10. The number of carbonyl (C=O) groups is 3. The van der Waals surface area contributed by atoms with Gasteiger partial charge in [-0.15, -0.1) is 0 Å². The van der Waals surface area contributed by atoms with E-state index < -0.39 is 34.5 Å². The minimum Gasteiger partial charge on any atom is -0.459 e. The van der Waals surface area contributed by atoms with E-state index in [9.17, 15) is 14.4 Å². The molecule has 1 N–H and O–H groups in total. The maximum Gasteiger partial charge on any atom is 0.360 e. The van der Waals surface area contributed by atoms with Gasteiger partial charge in [-0.25, -0.2) is 4.79 Å². The molecule has 0 radical (unpaired) electrons.